The normalized spacial score (nSPS) is 10.2. The standard InChI is InChI=1S/C22H32N2O6/c1-15(2)21(25)29-13-7-5-11-27-17-9-10-18(20(24)19(17)23)28-12-6-8-14-30-22(26)16(3)4/h9-10H,1,3,5-8,11-14,23-24H2,2,4H3. The fraction of sp³-hybridized carbons (Fsp3) is 0.455. The van der Waals surface area contributed by atoms with Crippen molar-refractivity contribution in [2.45, 2.75) is 39.5 Å². The summed E-state index contributed by atoms with van der Waals surface area (Å²) in [5, 5.41) is 0. The molecule has 0 aliphatic heterocycles. The van der Waals surface area contributed by atoms with E-state index in [0.29, 0.717) is 86.1 Å². The third-order valence-electron chi connectivity index (χ3n) is 3.96. The molecule has 30 heavy (non-hydrogen) atoms. The summed E-state index contributed by atoms with van der Waals surface area (Å²) >= 11 is 0. The fourth-order valence-electron chi connectivity index (χ4n) is 2.20. The Morgan fingerprint density at radius 2 is 1.07 bits per heavy atom. The van der Waals surface area contributed by atoms with E-state index in [4.69, 9.17) is 30.4 Å². The number of anilines is 2. The summed E-state index contributed by atoms with van der Waals surface area (Å²) in [6, 6.07) is 3.41. The van der Waals surface area contributed by atoms with Crippen molar-refractivity contribution >= 4 is 23.3 Å². The molecule has 8 nitrogen and oxygen atoms in total. The second-order valence-electron chi connectivity index (χ2n) is 6.83. The zero-order chi connectivity index (χ0) is 22.5. The second-order valence-corrected chi connectivity index (χ2v) is 6.83. The lowest BCUT2D eigenvalue weighted by atomic mass is 10.2. The monoisotopic (exact) mass is 420 g/mol. The highest BCUT2D eigenvalue weighted by Crippen LogP contribution is 2.35. The van der Waals surface area contributed by atoms with E-state index in [1.165, 1.54) is 0 Å². The van der Waals surface area contributed by atoms with Crippen molar-refractivity contribution in [1.82, 2.24) is 0 Å². The summed E-state index contributed by atoms with van der Waals surface area (Å²) in [5.41, 5.74) is 13.5. The Balaban J connectivity index is 2.30. The lowest BCUT2D eigenvalue weighted by molar-refractivity contribution is -0.139. The van der Waals surface area contributed by atoms with Gasteiger partial charge in [0.2, 0.25) is 0 Å². The first kappa shape index (κ1) is 24.9. The lowest BCUT2D eigenvalue weighted by Gasteiger charge is -2.14. The van der Waals surface area contributed by atoms with E-state index in [2.05, 4.69) is 13.2 Å². The molecule has 0 saturated heterocycles. The first-order valence-electron chi connectivity index (χ1n) is 9.82. The van der Waals surface area contributed by atoms with Crippen LogP contribution in [0.25, 0.3) is 0 Å². The van der Waals surface area contributed by atoms with Gasteiger partial charge in [0.05, 0.1) is 26.4 Å². The number of esters is 2. The van der Waals surface area contributed by atoms with Crippen LogP contribution in [0.1, 0.15) is 39.5 Å². The minimum Gasteiger partial charge on any atom is -0.491 e. The molecule has 0 heterocycles. The summed E-state index contributed by atoms with van der Waals surface area (Å²) in [4.78, 5) is 22.5. The van der Waals surface area contributed by atoms with Gasteiger partial charge in [-0.2, -0.15) is 0 Å². The Labute approximate surface area is 177 Å². The van der Waals surface area contributed by atoms with Crippen LogP contribution in [0.5, 0.6) is 11.5 Å². The smallest absolute Gasteiger partial charge is 0.333 e. The van der Waals surface area contributed by atoms with Crippen LogP contribution in [0, 0.1) is 0 Å². The van der Waals surface area contributed by atoms with Gasteiger partial charge in [0.15, 0.2) is 0 Å². The number of benzene rings is 1. The Hall–Kier alpha value is -3.16. The molecule has 0 saturated carbocycles. The van der Waals surface area contributed by atoms with Gasteiger partial charge in [0.1, 0.15) is 22.9 Å². The zero-order valence-corrected chi connectivity index (χ0v) is 17.8. The molecule has 0 fully saturated rings. The first-order chi connectivity index (χ1) is 14.2. The number of rotatable bonds is 14. The van der Waals surface area contributed by atoms with Crippen molar-refractivity contribution < 1.29 is 28.5 Å². The quantitative estimate of drug-likeness (QED) is 0.203. The van der Waals surface area contributed by atoms with Gasteiger partial charge < -0.3 is 30.4 Å². The predicted molar refractivity (Wildman–Crippen MR) is 116 cm³/mol. The van der Waals surface area contributed by atoms with Crippen LogP contribution >= 0.6 is 0 Å². The summed E-state index contributed by atoms with van der Waals surface area (Å²) in [5.74, 6) is 0.170. The van der Waals surface area contributed by atoms with Crippen LogP contribution in [0.15, 0.2) is 36.4 Å². The van der Waals surface area contributed by atoms with Crippen molar-refractivity contribution in [2.75, 3.05) is 37.9 Å². The van der Waals surface area contributed by atoms with Crippen molar-refractivity contribution in [3.05, 3.63) is 36.4 Å². The number of hydrogen-bond acceptors (Lipinski definition) is 8. The number of ether oxygens (including phenoxy) is 4. The number of hydrogen-bond donors (Lipinski definition) is 2. The van der Waals surface area contributed by atoms with E-state index >= 15 is 0 Å². The van der Waals surface area contributed by atoms with Crippen molar-refractivity contribution in [3.63, 3.8) is 0 Å². The fourth-order valence-corrected chi connectivity index (χ4v) is 2.20. The summed E-state index contributed by atoms with van der Waals surface area (Å²) in [6.07, 6.45) is 2.71. The van der Waals surface area contributed by atoms with Crippen molar-refractivity contribution in [2.24, 2.45) is 0 Å². The highest BCUT2D eigenvalue weighted by molar-refractivity contribution is 5.87. The van der Waals surface area contributed by atoms with Gasteiger partial charge in [-0.3, -0.25) is 0 Å². The van der Waals surface area contributed by atoms with Crippen molar-refractivity contribution in [3.8, 4) is 11.5 Å². The van der Waals surface area contributed by atoms with Gasteiger partial charge >= 0.3 is 11.9 Å². The van der Waals surface area contributed by atoms with E-state index < -0.39 is 11.9 Å². The van der Waals surface area contributed by atoms with E-state index in [1.54, 1.807) is 26.0 Å². The van der Waals surface area contributed by atoms with Crippen LogP contribution < -0.4 is 20.9 Å². The number of carbonyl (C=O) groups is 2. The molecule has 0 aromatic heterocycles. The molecule has 1 aromatic carbocycles. The Morgan fingerprint density at radius 3 is 1.40 bits per heavy atom. The van der Waals surface area contributed by atoms with E-state index in [0.717, 1.165) is 0 Å². The number of nitrogen functional groups attached to an aromatic ring is 2. The van der Waals surface area contributed by atoms with Gasteiger partial charge in [0, 0.05) is 11.1 Å². The average Bonchev–Trinajstić information content (AvgIpc) is 2.70. The van der Waals surface area contributed by atoms with E-state index in [9.17, 15) is 9.59 Å². The predicted octanol–water partition coefficient (Wildman–Crippen LogP) is 3.41. The molecule has 0 aliphatic carbocycles. The summed E-state index contributed by atoms with van der Waals surface area (Å²) in [6.45, 7) is 11.7. The highest BCUT2D eigenvalue weighted by atomic mass is 16.5. The second kappa shape index (κ2) is 13.1. The zero-order valence-electron chi connectivity index (χ0n) is 17.8. The lowest BCUT2D eigenvalue weighted by Crippen LogP contribution is -2.09. The molecule has 8 heteroatoms. The van der Waals surface area contributed by atoms with Gasteiger partial charge in [-0.25, -0.2) is 9.59 Å². The largest absolute Gasteiger partial charge is 0.491 e. The molecular weight excluding hydrogens is 388 g/mol. The maximum absolute atomic E-state index is 11.3. The Morgan fingerprint density at radius 1 is 0.733 bits per heavy atom. The van der Waals surface area contributed by atoms with Crippen LogP contribution in [-0.2, 0) is 19.1 Å². The molecule has 0 bridgehead atoms. The van der Waals surface area contributed by atoms with E-state index in [-0.39, 0.29) is 0 Å². The molecule has 4 N–H and O–H groups in total. The topological polar surface area (TPSA) is 123 Å². The molecule has 0 spiro atoms. The van der Waals surface area contributed by atoms with Gasteiger partial charge in [-0.05, 0) is 51.7 Å². The molecular formula is C22H32N2O6. The van der Waals surface area contributed by atoms with Crippen LogP contribution in [0.3, 0.4) is 0 Å². The number of carbonyl (C=O) groups excluding carboxylic acids is 2. The molecule has 0 aliphatic rings. The van der Waals surface area contributed by atoms with Crippen LogP contribution in [-0.4, -0.2) is 38.4 Å². The molecule has 0 unspecified atom stereocenters. The number of nitrogens with two attached hydrogens (primary N) is 2. The molecule has 1 rings (SSSR count). The third-order valence-corrected chi connectivity index (χ3v) is 3.96. The summed E-state index contributed by atoms with van der Waals surface area (Å²) in [7, 11) is 0. The molecule has 166 valence electrons. The van der Waals surface area contributed by atoms with Crippen LogP contribution in [0.4, 0.5) is 11.4 Å². The van der Waals surface area contributed by atoms with Gasteiger partial charge in [0.25, 0.3) is 0 Å². The maximum atomic E-state index is 11.3. The van der Waals surface area contributed by atoms with E-state index in [1.807, 2.05) is 0 Å². The Bertz CT molecular complexity index is 697. The Kier molecular flexibility index (Phi) is 10.9. The minimum absolute atomic E-state index is 0.311. The molecule has 0 radical (unpaired) electrons. The minimum atomic E-state index is -0.392. The third kappa shape index (κ3) is 8.89. The maximum Gasteiger partial charge on any atom is 0.333 e. The number of unbranched alkanes of at least 4 members (excludes halogenated alkanes) is 2. The average molecular weight is 421 g/mol. The van der Waals surface area contributed by atoms with Gasteiger partial charge in [-0.15, -0.1) is 0 Å². The summed E-state index contributed by atoms with van der Waals surface area (Å²) < 4.78 is 21.3. The van der Waals surface area contributed by atoms with Gasteiger partial charge in [-0.1, -0.05) is 13.2 Å². The van der Waals surface area contributed by atoms with Crippen molar-refractivity contribution in [1.29, 1.82) is 0 Å². The first-order valence-corrected chi connectivity index (χ1v) is 9.82. The molecule has 0 amide bonds. The SMILES string of the molecule is C=C(C)C(=O)OCCCCOc1ccc(OCCCCOC(=O)C(=C)C)c(N)c1N. The van der Waals surface area contributed by atoms with Crippen LogP contribution in [0.2, 0.25) is 0 Å². The highest BCUT2D eigenvalue weighted by Gasteiger charge is 2.11. The molecule has 1 aromatic rings. The molecule has 0 atom stereocenters.